The summed E-state index contributed by atoms with van der Waals surface area (Å²) in [6.07, 6.45) is 6.60. The number of hydrogen-bond acceptors (Lipinski definition) is 6. The molecule has 4 rings (SSSR count). The Labute approximate surface area is 216 Å². The van der Waals surface area contributed by atoms with Gasteiger partial charge in [0.05, 0.1) is 24.4 Å². The van der Waals surface area contributed by atoms with Crippen LogP contribution in [0.1, 0.15) is 81.0 Å². The minimum Gasteiger partial charge on any atom is -0.511 e. The van der Waals surface area contributed by atoms with Gasteiger partial charge in [0.2, 0.25) is 0 Å². The van der Waals surface area contributed by atoms with Gasteiger partial charge in [-0.15, -0.1) is 0 Å². The fourth-order valence-corrected chi connectivity index (χ4v) is 5.49. The standard InChI is InChI=1S/C30H43N3O3/c1-21(2)36-23(4)27-12-5-6-13-28(27)29(22(3)34)33-18-16-26(20-33)35-19-8-7-11-25-15-14-24-10-9-17-31-30(24)32-25/h5-6,12-15,21,23,26,29,34H,3,7-11,16-20H2,1-2,4H3,(H,31,32)/t23-,26+,29+/m0/s1. The smallest absolute Gasteiger partial charge is 0.129 e. The van der Waals surface area contributed by atoms with Gasteiger partial charge in [-0.05, 0) is 82.1 Å². The highest BCUT2D eigenvalue weighted by Gasteiger charge is 2.33. The maximum atomic E-state index is 10.6. The molecule has 3 heterocycles. The lowest BCUT2D eigenvalue weighted by Gasteiger charge is -2.30. The second-order valence-corrected chi connectivity index (χ2v) is 10.4. The summed E-state index contributed by atoms with van der Waals surface area (Å²) < 4.78 is 12.3. The Morgan fingerprint density at radius 3 is 2.75 bits per heavy atom. The van der Waals surface area contributed by atoms with E-state index < -0.39 is 0 Å². The molecule has 1 saturated heterocycles. The van der Waals surface area contributed by atoms with Gasteiger partial charge in [0.25, 0.3) is 0 Å². The van der Waals surface area contributed by atoms with Crippen molar-refractivity contribution in [3.05, 3.63) is 71.1 Å². The van der Waals surface area contributed by atoms with E-state index in [1.807, 2.05) is 26.0 Å². The lowest BCUT2D eigenvalue weighted by Crippen LogP contribution is -2.30. The van der Waals surface area contributed by atoms with Crippen molar-refractivity contribution >= 4 is 5.82 Å². The van der Waals surface area contributed by atoms with Gasteiger partial charge >= 0.3 is 0 Å². The maximum Gasteiger partial charge on any atom is 0.129 e. The topological polar surface area (TPSA) is 66.9 Å². The van der Waals surface area contributed by atoms with E-state index >= 15 is 0 Å². The Morgan fingerprint density at radius 1 is 1.17 bits per heavy atom. The lowest BCUT2D eigenvalue weighted by molar-refractivity contribution is 0.0164. The first-order valence-electron chi connectivity index (χ1n) is 13.6. The van der Waals surface area contributed by atoms with Crippen LogP contribution < -0.4 is 5.32 Å². The van der Waals surface area contributed by atoms with Gasteiger partial charge in [-0.1, -0.05) is 36.9 Å². The number of aryl methyl sites for hydroxylation is 2. The molecule has 1 fully saturated rings. The number of ether oxygens (including phenoxy) is 2. The van der Waals surface area contributed by atoms with Crippen LogP contribution in [0.4, 0.5) is 5.82 Å². The van der Waals surface area contributed by atoms with Gasteiger partial charge in [0.1, 0.15) is 11.6 Å². The number of nitrogens with zero attached hydrogens (tertiary/aromatic N) is 2. The molecule has 2 aliphatic rings. The van der Waals surface area contributed by atoms with Crippen LogP contribution in [0.3, 0.4) is 0 Å². The summed E-state index contributed by atoms with van der Waals surface area (Å²) in [7, 11) is 0. The summed E-state index contributed by atoms with van der Waals surface area (Å²) >= 11 is 0. The quantitative estimate of drug-likeness (QED) is 0.273. The zero-order valence-electron chi connectivity index (χ0n) is 22.2. The van der Waals surface area contributed by atoms with Gasteiger partial charge in [0, 0.05) is 31.9 Å². The number of anilines is 1. The minimum atomic E-state index is -0.253. The Bertz CT molecular complexity index is 1010. The van der Waals surface area contributed by atoms with Crippen LogP contribution in [0.5, 0.6) is 0 Å². The van der Waals surface area contributed by atoms with Crippen molar-refractivity contribution in [3.8, 4) is 0 Å². The Morgan fingerprint density at radius 2 is 1.97 bits per heavy atom. The molecule has 2 aliphatic heterocycles. The molecule has 0 aliphatic carbocycles. The number of benzene rings is 1. The first-order chi connectivity index (χ1) is 17.4. The molecular formula is C30H43N3O3. The van der Waals surface area contributed by atoms with Gasteiger partial charge in [0.15, 0.2) is 0 Å². The summed E-state index contributed by atoms with van der Waals surface area (Å²) in [6, 6.07) is 12.4. The van der Waals surface area contributed by atoms with Crippen LogP contribution in [0, 0.1) is 0 Å². The SMILES string of the molecule is C=C(O)[C@H](c1ccccc1[C@H](C)OC(C)C)N1CC[C@@H](OCCCCc2ccc3c(n2)NCCC3)C1. The van der Waals surface area contributed by atoms with Crippen molar-refractivity contribution in [3.63, 3.8) is 0 Å². The molecule has 3 atom stereocenters. The summed E-state index contributed by atoms with van der Waals surface area (Å²) in [4.78, 5) is 7.09. The fraction of sp³-hybridized carbons (Fsp3) is 0.567. The van der Waals surface area contributed by atoms with Crippen molar-refractivity contribution in [2.45, 2.75) is 83.6 Å². The average Bonchev–Trinajstić information content (AvgIpc) is 3.31. The van der Waals surface area contributed by atoms with E-state index in [1.54, 1.807) is 0 Å². The molecule has 1 aromatic carbocycles. The summed E-state index contributed by atoms with van der Waals surface area (Å²) in [5.74, 6) is 1.25. The fourth-order valence-electron chi connectivity index (χ4n) is 5.49. The van der Waals surface area contributed by atoms with Crippen molar-refractivity contribution in [2.24, 2.45) is 0 Å². The predicted octanol–water partition coefficient (Wildman–Crippen LogP) is 6.15. The molecule has 2 aromatic rings. The molecule has 1 aromatic heterocycles. The Kier molecular flexibility index (Phi) is 9.41. The van der Waals surface area contributed by atoms with Gasteiger partial charge in [-0.25, -0.2) is 4.98 Å². The molecule has 0 saturated carbocycles. The van der Waals surface area contributed by atoms with Crippen LogP contribution >= 0.6 is 0 Å². The van der Waals surface area contributed by atoms with Crippen LogP contribution in [-0.2, 0) is 22.3 Å². The van der Waals surface area contributed by atoms with Crippen LogP contribution in [-0.4, -0.2) is 53.4 Å². The Hall–Kier alpha value is -2.41. The third-order valence-corrected chi connectivity index (χ3v) is 7.19. The summed E-state index contributed by atoms with van der Waals surface area (Å²) in [5, 5.41) is 14.0. The van der Waals surface area contributed by atoms with Crippen LogP contribution in [0.2, 0.25) is 0 Å². The first kappa shape index (κ1) is 26.6. The van der Waals surface area contributed by atoms with E-state index in [-0.39, 0.29) is 30.1 Å². The molecule has 0 spiro atoms. The number of unbranched alkanes of at least 4 members (excludes halogenated alkanes) is 1. The van der Waals surface area contributed by atoms with E-state index in [4.69, 9.17) is 14.5 Å². The van der Waals surface area contributed by atoms with Gasteiger partial charge in [-0.3, -0.25) is 4.90 Å². The first-order valence-corrected chi connectivity index (χ1v) is 13.6. The van der Waals surface area contributed by atoms with E-state index in [1.165, 1.54) is 12.0 Å². The molecule has 0 unspecified atom stereocenters. The zero-order valence-corrected chi connectivity index (χ0v) is 22.2. The maximum absolute atomic E-state index is 10.6. The highest BCUT2D eigenvalue weighted by atomic mass is 16.5. The van der Waals surface area contributed by atoms with Crippen molar-refractivity contribution in [1.29, 1.82) is 0 Å². The predicted molar refractivity (Wildman–Crippen MR) is 146 cm³/mol. The monoisotopic (exact) mass is 493 g/mol. The highest BCUT2D eigenvalue weighted by molar-refractivity contribution is 5.47. The molecule has 6 heteroatoms. The third kappa shape index (κ3) is 6.87. The molecule has 36 heavy (non-hydrogen) atoms. The van der Waals surface area contributed by atoms with E-state index in [0.29, 0.717) is 0 Å². The van der Waals surface area contributed by atoms with Crippen molar-refractivity contribution < 1.29 is 14.6 Å². The number of pyridine rings is 1. The third-order valence-electron chi connectivity index (χ3n) is 7.19. The van der Waals surface area contributed by atoms with Gasteiger partial charge < -0.3 is 19.9 Å². The normalized spacial score (nSPS) is 19.6. The molecule has 196 valence electrons. The number of nitrogens with one attached hydrogen (secondary N) is 1. The number of aliphatic hydroxyl groups excluding tert-OH is 1. The number of rotatable bonds is 12. The van der Waals surface area contributed by atoms with Crippen LogP contribution in [0.25, 0.3) is 0 Å². The number of likely N-dealkylation sites (tertiary alicyclic amines) is 1. The van der Waals surface area contributed by atoms with Crippen molar-refractivity contribution in [2.75, 3.05) is 31.6 Å². The second kappa shape index (κ2) is 12.7. The van der Waals surface area contributed by atoms with Crippen LogP contribution in [0.15, 0.2) is 48.7 Å². The van der Waals surface area contributed by atoms with E-state index in [0.717, 1.165) is 81.0 Å². The molecule has 0 amide bonds. The summed E-state index contributed by atoms with van der Waals surface area (Å²) in [5.41, 5.74) is 4.66. The average molecular weight is 494 g/mol. The lowest BCUT2D eigenvalue weighted by atomic mass is 9.95. The second-order valence-electron chi connectivity index (χ2n) is 10.4. The molecule has 0 radical (unpaired) electrons. The number of hydrogen-bond donors (Lipinski definition) is 2. The number of aromatic nitrogens is 1. The Balaban J connectivity index is 1.26. The summed E-state index contributed by atoms with van der Waals surface area (Å²) in [6.45, 7) is 13.5. The largest absolute Gasteiger partial charge is 0.511 e. The minimum absolute atomic E-state index is 0.0573. The molecular weight excluding hydrogens is 450 g/mol. The highest BCUT2D eigenvalue weighted by Crippen LogP contribution is 2.35. The number of fused-ring (bicyclic) bond motifs is 1. The van der Waals surface area contributed by atoms with E-state index in [9.17, 15) is 5.11 Å². The molecule has 6 nitrogen and oxygen atoms in total. The van der Waals surface area contributed by atoms with E-state index in [2.05, 4.69) is 48.0 Å². The molecule has 2 N–H and O–H groups in total. The number of aliphatic hydroxyl groups is 1. The zero-order chi connectivity index (χ0) is 25.5. The molecule has 0 bridgehead atoms. The van der Waals surface area contributed by atoms with Crippen molar-refractivity contribution in [1.82, 2.24) is 9.88 Å². The van der Waals surface area contributed by atoms with Gasteiger partial charge in [-0.2, -0.15) is 0 Å².